The van der Waals surface area contributed by atoms with Gasteiger partial charge in [0.05, 0.1) is 13.2 Å². The molecule has 0 radical (unpaired) electrons. The van der Waals surface area contributed by atoms with Crippen molar-refractivity contribution in [2.75, 3.05) is 47.0 Å². The zero-order valence-corrected chi connectivity index (χ0v) is 17.4. The number of ether oxygens (including phenoxy) is 2. The van der Waals surface area contributed by atoms with E-state index in [0.29, 0.717) is 32.1 Å². The standard InChI is InChI=1S/C21H34N4O3/c1-4-23-21(25-10-8-17(9-11-25)15-20(26)22-2)24-16-18-6-5-7-19(14-18)28-13-12-27-3/h5-7,14,17H,4,8-13,15-16H2,1-3H3,(H,22,26)(H,23,24). The third-order valence-electron chi connectivity index (χ3n) is 4.87. The number of piperidine rings is 1. The normalized spacial score (nSPS) is 15.4. The number of hydrogen-bond donors (Lipinski definition) is 2. The number of nitrogens with one attached hydrogen (secondary N) is 2. The minimum atomic E-state index is 0.131. The van der Waals surface area contributed by atoms with Gasteiger partial charge in [-0.2, -0.15) is 0 Å². The Balaban J connectivity index is 1.92. The highest BCUT2D eigenvalue weighted by Crippen LogP contribution is 2.21. The number of benzene rings is 1. The number of guanidine groups is 1. The minimum Gasteiger partial charge on any atom is -0.491 e. The van der Waals surface area contributed by atoms with Crippen molar-refractivity contribution in [1.82, 2.24) is 15.5 Å². The molecule has 1 amide bonds. The van der Waals surface area contributed by atoms with E-state index in [4.69, 9.17) is 14.5 Å². The lowest BCUT2D eigenvalue weighted by molar-refractivity contribution is -0.121. The average Bonchev–Trinajstić information content (AvgIpc) is 2.72. The van der Waals surface area contributed by atoms with Crippen LogP contribution >= 0.6 is 0 Å². The molecule has 0 spiro atoms. The Hall–Kier alpha value is -2.28. The van der Waals surface area contributed by atoms with E-state index >= 15 is 0 Å². The molecule has 7 heteroatoms. The number of aliphatic imine (C=N–C) groups is 1. The van der Waals surface area contributed by atoms with Crippen LogP contribution in [-0.4, -0.2) is 63.8 Å². The molecule has 156 valence electrons. The first-order chi connectivity index (χ1) is 13.7. The van der Waals surface area contributed by atoms with Crippen LogP contribution in [0.25, 0.3) is 0 Å². The Bertz CT molecular complexity index is 628. The quantitative estimate of drug-likeness (QED) is 0.383. The molecule has 1 aliphatic heterocycles. The lowest BCUT2D eigenvalue weighted by atomic mass is 9.93. The third-order valence-corrected chi connectivity index (χ3v) is 4.87. The molecule has 1 aromatic rings. The highest BCUT2D eigenvalue weighted by Gasteiger charge is 2.23. The fraction of sp³-hybridized carbons (Fsp3) is 0.619. The Morgan fingerprint density at radius 1 is 1.29 bits per heavy atom. The number of hydrogen-bond acceptors (Lipinski definition) is 4. The van der Waals surface area contributed by atoms with Gasteiger partial charge in [0.25, 0.3) is 0 Å². The van der Waals surface area contributed by atoms with E-state index in [0.717, 1.165) is 49.7 Å². The van der Waals surface area contributed by atoms with Crippen LogP contribution in [0.4, 0.5) is 0 Å². The number of amides is 1. The molecule has 2 rings (SSSR count). The molecule has 0 unspecified atom stereocenters. The van der Waals surface area contributed by atoms with Crippen LogP contribution in [0.1, 0.15) is 31.7 Å². The molecule has 0 saturated carbocycles. The van der Waals surface area contributed by atoms with Gasteiger partial charge in [-0.3, -0.25) is 4.79 Å². The van der Waals surface area contributed by atoms with E-state index < -0.39 is 0 Å². The van der Waals surface area contributed by atoms with E-state index in [1.807, 2.05) is 18.2 Å². The van der Waals surface area contributed by atoms with Crippen molar-refractivity contribution in [3.8, 4) is 5.75 Å². The lowest BCUT2D eigenvalue weighted by Crippen LogP contribution is -2.46. The second kappa shape index (κ2) is 12.2. The van der Waals surface area contributed by atoms with Crippen LogP contribution in [0, 0.1) is 5.92 Å². The Morgan fingerprint density at radius 2 is 2.07 bits per heavy atom. The van der Waals surface area contributed by atoms with Crippen molar-refractivity contribution in [3.05, 3.63) is 29.8 Å². The topological polar surface area (TPSA) is 75.2 Å². The lowest BCUT2D eigenvalue weighted by Gasteiger charge is -2.34. The van der Waals surface area contributed by atoms with Crippen molar-refractivity contribution in [2.24, 2.45) is 10.9 Å². The largest absolute Gasteiger partial charge is 0.491 e. The first-order valence-electron chi connectivity index (χ1n) is 10.1. The third kappa shape index (κ3) is 7.38. The van der Waals surface area contributed by atoms with Crippen molar-refractivity contribution in [2.45, 2.75) is 32.7 Å². The second-order valence-electron chi connectivity index (χ2n) is 6.97. The first-order valence-corrected chi connectivity index (χ1v) is 10.1. The maximum atomic E-state index is 11.6. The SMILES string of the molecule is CCNC(=NCc1cccc(OCCOC)c1)N1CCC(CC(=O)NC)CC1. The zero-order chi connectivity index (χ0) is 20.2. The van der Waals surface area contributed by atoms with Crippen LogP contribution in [0.2, 0.25) is 0 Å². The number of methoxy groups -OCH3 is 1. The molecular formula is C21H34N4O3. The summed E-state index contributed by atoms with van der Waals surface area (Å²) < 4.78 is 10.7. The van der Waals surface area contributed by atoms with Gasteiger partial charge in [-0.1, -0.05) is 12.1 Å². The van der Waals surface area contributed by atoms with E-state index in [-0.39, 0.29) is 5.91 Å². The summed E-state index contributed by atoms with van der Waals surface area (Å²) in [6.07, 6.45) is 2.65. The predicted molar refractivity (Wildman–Crippen MR) is 112 cm³/mol. The van der Waals surface area contributed by atoms with Gasteiger partial charge in [0.1, 0.15) is 12.4 Å². The Kier molecular flexibility index (Phi) is 9.62. The summed E-state index contributed by atoms with van der Waals surface area (Å²) in [5.74, 6) is 2.36. The summed E-state index contributed by atoms with van der Waals surface area (Å²) in [4.78, 5) is 18.7. The molecular weight excluding hydrogens is 356 g/mol. The summed E-state index contributed by atoms with van der Waals surface area (Å²) in [5.41, 5.74) is 1.11. The van der Waals surface area contributed by atoms with Gasteiger partial charge < -0.3 is 25.0 Å². The monoisotopic (exact) mass is 390 g/mol. The van der Waals surface area contributed by atoms with E-state index in [9.17, 15) is 4.79 Å². The summed E-state index contributed by atoms with van der Waals surface area (Å²) >= 11 is 0. The van der Waals surface area contributed by atoms with Crippen LogP contribution in [0.15, 0.2) is 29.3 Å². The minimum absolute atomic E-state index is 0.131. The van der Waals surface area contributed by atoms with Crippen LogP contribution in [-0.2, 0) is 16.1 Å². The van der Waals surface area contributed by atoms with Gasteiger partial charge in [-0.15, -0.1) is 0 Å². The summed E-state index contributed by atoms with van der Waals surface area (Å²) in [7, 11) is 3.36. The number of carbonyl (C=O) groups excluding carboxylic acids is 1. The van der Waals surface area contributed by atoms with Crippen molar-refractivity contribution in [1.29, 1.82) is 0 Å². The molecule has 0 aromatic heterocycles. The van der Waals surface area contributed by atoms with Crippen molar-refractivity contribution in [3.63, 3.8) is 0 Å². The molecule has 0 aliphatic carbocycles. The number of nitrogens with zero attached hydrogens (tertiary/aromatic N) is 2. The van der Waals surface area contributed by atoms with E-state index in [1.54, 1.807) is 14.2 Å². The van der Waals surface area contributed by atoms with Gasteiger partial charge >= 0.3 is 0 Å². The van der Waals surface area contributed by atoms with E-state index in [2.05, 4.69) is 28.5 Å². The summed E-state index contributed by atoms with van der Waals surface area (Å²) in [6, 6.07) is 8.03. The Morgan fingerprint density at radius 3 is 2.75 bits per heavy atom. The molecule has 1 heterocycles. The van der Waals surface area contributed by atoms with Crippen molar-refractivity contribution >= 4 is 11.9 Å². The maximum Gasteiger partial charge on any atom is 0.220 e. The van der Waals surface area contributed by atoms with Crippen molar-refractivity contribution < 1.29 is 14.3 Å². The highest BCUT2D eigenvalue weighted by atomic mass is 16.5. The fourth-order valence-corrected chi connectivity index (χ4v) is 3.28. The van der Waals surface area contributed by atoms with Crippen LogP contribution in [0.3, 0.4) is 0 Å². The van der Waals surface area contributed by atoms with Gasteiger partial charge in [0.15, 0.2) is 5.96 Å². The first kappa shape index (κ1) is 22.0. The smallest absolute Gasteiger partial charge is 0.220 e. The Labute approximate surface area is 168 Å². The highest BCUT2D eigenvalue weighted by molar-refractivity contribution is 5.80. The summed E-state index contributed by atoms with van der Waals surface area (Å²) in [5, 5.41) is 6.11. The molecule has 1 saturated heterocycles. The molecule has 7 nitrogen and oxygen atoms in total. The molecule has 0 atom stereocenters. The average molecular weight is 391 g/mol. The number of likely N-dealkylation sites (tertiary alicyclic amines) is 1. The van der Waals surface area contributed by atoms with Crippen LogP contribution < -0.4 is 15.4 Å². The maximum absolute atomic E-state index is 11.6. The number of rotatable bonds is 9. The van der Waals surface area contributed by atoms with Gasteiger partial charge in [0, 0.05) is 40.2 Å². The molecule has 28 heavy (non-hydrogen) atoms. The number of carbonyl (C=O) groups is 1. The zero-order valence-electron chi connectivity index (χ0n) is 17.4. The second-order valence-corrected chi connectivity index (χ2v) is 6.97. The van der Waals surface area contributed by atoms with E-state index in [1.165, 1.54) is 0 Å². The van der Waals surface area contributed by atoms with Gasteiger partial charge in [-0.25, -0.2) is 4.99 Å². The fourth-order valence-electron chi connectivity index (χ4n) is 3.28. The summed E-state index contributed by atoms with van der Waals surface area (Å²) in [6.45, 7) is 6.47. The van der Waals surface area contributed by atoms with Gasteiger partial charge in [0.2, 0.25) is 5.91 Å². The molecule has 1 aromatic carbocycles. The molecule has 0 bridgehead atoms. The van der Waals surface area contributed by atoms with Gasteiger partial charge in [-0.05, 0) is 43.4 Å². The van der Waals surface area contributed by atoms with Crippen LogP contribution in [0.5, 0.6) is 5.75 Å². The molecule has 2 N–H and O–H groups in total. The predicted octanol–water partition coefficient (Wildman–Crippen LogP) is 2.03. The molecule has 1 aliphatic rings. The molecule has 1 fully saturated rings.